The average Bonchev–Trinajstić information content (AvgIpc) is 3.52. The van der Waals surface area contributed by atoms with Gasteiger partial charge in [0.25, 0.3) is 0 Å². The summed E-state index contributed by atoms with van der Waals surface area (Å²) in [7, 11) is 3.77. The number of ether oxygens (including phenoxy) is 1. The van der Waals surface area contributed by atoms with Gasteiger partial charge in [-0.1, -0.05) is 6.07 Å². The van der Waals surface area contributed by atoms with Crippen molar-refractivity contribution in [3.8, 4) is 28.5 Å². The van der Waals surface area contributed by atoms with Crippen molar-refractivity contribution in [3.05, 3.63) is 47.9 Å². The fourth-order valence-corrected chi connectivity index (χ4v) is 6.00. The summed E-state index contributed by atoms with van der Waals surface area (Å²) in [6.07, 6.45) is 7.45. The van der Waals surface area contributed by atoms with Crippen LogP contribution in [0.5, 0.6) is 0 Å². The first kappa shape index (κ1) is 27.4. The molecule has 0 spiro atoms. The van der Waals surface area contributed by atoms with E-state index in [0.29, 0.717) is 12.1 Å². The van der Waals surface area contributed by atoms with E-state index in [4.69, 9.17) is 4.74 Å². The van der Waals surface area contributed by atoms with Crippen molar-refractivity contribution in [1.29, 1.82) is 5.26 Å². The van der Waals surface area contributed by atoms with Crippen LogP contribution in [0.4, 0.5) is 4.79 Å². The molecule has 11 heteroatoms. The Labute approximate surface area is 233 Å². The van der Waals surface area contributed by atoms with E-state index in [1.807, 2.05) is 76.3 Å². The monoisotopic (exact) mass is 544 g/mol. The molecule has 0 radical (unpaired) electrons. The lowest BCUT2D eigenvalue weighted by molar-refractivity contribution is -0.133. The zero-order chi connectivity index (χ0) is 28.6. The molecule has 3 N–H and O–H groups in total. The number of benzene rings is 1. The molecule has 4 atom stereocenters. The minimum Gasteiger partial charge on any atom is -0.444 e. The second kappa shape index (κ2) is 10.8. The van der Waals surface area contributed by atoms with Crippen molar-refractivity contribution in [2.75, 3.05) is 6.54 Å². The number of fused-ring (bicyclic) bond motifs is 1. The van der Waals surface area contributed by atoms with Gasteiger partial charge in [-0.05, 0) is 69.6 Å². The fourth-order valence-electron chi connectivity index (χ4n) is 6.00. The quantitative estimate of drug-likeness (QED) is 0.447. The van der Waals surface area contributed by atoms with Crippen LogP contribution in [0.1, 0.15) is 57.1 Å². The van der Waals surface area contributed by atoms with Crippen LogP contribution in [0, 0.1) is 23.2 Å². The van der Waals surface area contributed by atoms with Gasteiger partial charge in [-0.3, -0.25) is 19.6 Å². The molecule has 2 aliphatic rings. The maximum absolute atomic E-state index is 12.7. The summed E-state index contributed by atoms with van der Waals surface area (Å²) in [6, 6.07) is 8.02. The number of hydrazine groups is 1. The molecule has 1 saturated heterocycles. The molecule has 5 rings (SSSR count). The molecular weight excluding hydrogens is 508 g/mol. The first-order valence-corrected chi connectivity index (χ1v) is 13.6. The Balaban J connectivity index is 1.42. The normalized spacial score (nSPS) is 22.6. The number of nitrogens with zero attached hydrogens (tertiary/aromatic N) is 5. The molecule has 2 fully saturated rings. The number of carbonyl (C=O) groups excluding carboxylic acids is 2. The average molecular weight is 545 g/mol. The van der Waals surface area contributed by atoms with Crippen molar-refractivity contribution >= 4 is 12.0 Å². The number of hydrogen-bond acceptors (Lipinski definition) is 7. The van der Waals surface area contributed by atoms with Crippen LogP contribution >= 0.6 is 0 Å². The number of amides is 2. The first-order valence-electron chi connectivity index (χ1n) is 13.6. The molecule has 1 saturated carbocycles. The van der Waals surface area contributed by atoms with E-state index in [9.17, 15) is 14.9 Å². The predicted molar refractivity (Wildman–Crippen MR) is 148 cm³/mol. The summed E-state index contributed by atoms with van der Waals surface area (Å²) in [5.41, 5.74) is 10.6. The van der Waals surface area contributed by atoms with Crippen molar-refractivity contribution in [1.82, 2.24) is 35.7 Å². The number of aryl methyl sites for hydroxylation is 2. The van der Waals surface area contributed by atoms with Crippen LogP contribution in [0.25, 0.3) is 22.4 Å². The maximum Gasteiger partial charge on any atom is 0.407 e. The third-order valence-electron chi connectivity index (χ3n) is 7.84. The Bertz CT molecular complexity index is 1460. The van der Waals surface area contributed by atoms with Crippen LogP contribution in [0.3, 0.4) is 0 Å². The molecule has 1 aromatic carbocycles. The lowest BCUT2D eigenvalue weighted by Gasteiger charge is -2.43. The smallest absolute Gasteiger partial charge is 0.407 e. The third-order valence-corrected chi connectivity index (χ3v) is 7.84. The topological polar surface area (TPSA) is 139 Å². The SMILES string of the molecule is Cn1cc(-c2ccc(C#N)c(-c3c(C4CCC5C(=O)NNC(CNC(=O)OC(C)(C)C)C5C4)cnn3C)c2)cn1. The molecular formula is C29H36N8O3. The van der Waals surface area contributed by atoms with Gasteiger partial charge >= 0.3 is 6.09 Å². The summed E-state index contributed by atoms with van der Waals surface area (Å²) in [6.45, 7) is 5.80. The summed E-state index contributed by atoms with van der Waals surface area (Å²) in [5, 5.41) is 21.7. The highest BCUT2D eigenvalue weighted by molar-refractivity contribution is 5.80. The number of hydrogen-bond donors (Lipinski definition) is 3. The van der Waals surface area contributed by atoms with Gasteiger partial charge in [0.15, 0.2) is 0 Å². The Morgan fingerprint density at radius 1 is 1.20 bits per heavy atom. The minimum atomic E-state index is -0.593. The van der Waals surface area contributed by atoms with Crippen LogP contribution < -0.4 is 16.2 Å². The first-order chi connectivity index (χ1) is 19.0. The molecule has 1 aliphatic carbocycles. The molecule has 2 amide bonds. The molecule has 0 bridgehead atoms. The van der Waals surface area contributed by atoms with Gasteiger partial charge in [0.05, 0.1) is 29.7 Å². The van der Waals surface area contributed by atoms with Gasteiger partial charge in [-0.15, -0.1) is 0 Å². The lowest BCUT2D eigenvalue weighted by Crippen LogP contribution is -2.62. The van der Waals surface area contributed by atoms with Crippen LogP contribution in [0.15, 0.2) is 36.8 Å². The molecule has 1 aliphatic heterocycles. The second-order valence-corrected chi connectivity index (χ2v) is 11.8. The summed E-state index contributed by atoms with van der Waals surface area (Å²) < 4.78 is 8.99. The number of nitrogens with one attached hydrogen (secondary N) is 3. The van der Waals surface area contributed by atoms with Crippen LogP contribution in [-0.2, 0) is 23.6 Å². The van der Waals surface area contributed by atoms with Crippen molar-refractivity contribution in [3.63, 3.8) is 0 Å². The molecule has 210 valence electrons. The lowest BCUT2D eigenvalue weighted by atomic mass is 9.68. The molecule has 3 heterocycles. The Morgan fingerprint density at radius 2 is 2.00 bits per heavy atom. The van der Waals surface area contributed by atoms with E-state index >= 15 is 0 Å². The van der Waals surface area contributed by atoms with Gasteiger partial charge in [-0.25, -0.2) is 10.2 Å². The highest BCUT2D eigenvalue weighted by Crippen LogP contribution is 2.45. The largest absolute Gasteiger partial charge is 0.444 e. The Kier molecular flexibility index (Phi) is 7.38. The van der Waals surface area contributed by atoms with Crippen LogP contribution in [-0.4, -0.2) is 49.7 Å². The van der Waals surface area contributed by atoms with Crippen molar-refractivity contribution in [2.45, 2.75) is 57.6 Å². The van der Waals surface area contributed by atoms with Crippen LogP contribution in [0.2, 0.25) is 0 Å². The van der Waals surface area contributed by atoms with E-state index in [-0.39, 0.29) is 29.7 Å². The molecule has 4 unspecified atom stereocenters. The highest BCUT2D eigenvalue weighted by Gasteiger charge is 2.44. The zero-order valence-electron chi connectivity index (χ0n) is 23.6. The summed E-state index contributed by atoms with van der Waals surface area (Å²) >= 11 is 0. The van der Waals surface area contributed by atoms with E-state index in [1.165, 1.54) is 0 Å². The van der Waals surface area contributed by atoms with Gasteiger partial charge in [0.2, 0.25) is 5.91 Å². The van der Waals surface area contributed by atoms with E-state index < -0.39 is 11.7 Å². The molecule has 40 heavy (non-hydrogen) atoms. The standard InChI is InChI=1S/C29H36N8O3/c1-29(2,3)40-28(39)31-15-25-23-11-18(8-9-21(23)27(38)35-34-25)24-14-33-37(5)26(24)22-10-17(6-7-19(22)12-30)20-13-32-36(4)16-20/h6-7,10,13-14,16,18,21,23,25,34H,8-9,11,15H2,1-5H3,(H,31,39)(H,35,38). The Hall–Kier alpha value is -4.17. The summed E-state index contributed by atoms with van der Waals surface area (Å²) in [4.78, 5) is 25.1. The number of nitriles is 1. The van der Waals surface area contributed by atoms with Gasteiger partial charge in [0, 0.05) is 55.5 Å². The van der Waals surface area contributed by atoms with E-state index in [0.717, 1.165) is 47.2 Å². The zero-order valence-corrected chi connectivity index (χ0v) is 23.6. The van der Waals surface area contributed by atoms with E-state index in [2.05, 4.69) is 32.4 Å². The fraction of sp³-hybridized carbons (Fsp3) is 0.483. The third kappa shape index (κ3) is 5.58. The number of carbonyl (C=O) groups is 2. The van der Waals surface area contributed by atoms with Gasteiger partial charge < -0.3 is 10.1 Å². The number of alkyl carbamates (subject to hydrolysis) is 1. The minimum absolute atomic E-state index is 0.00709. The molecule has 2 aromatic heterocycles. The predicted octanol–water partition coefficient (Wildman–Crippen LogP) is 3.39. The maximum atomic E-state index is 12.7. The summed E-state index contributed by atoms with van der Waals surface area (Å²) in [5.74, 6) is -0.0196. The van der Waals surface area contributed by atoms with Gasteiger partial charge in [-0.2, -0.15) is 15.5 Å². The number of rotatable bonds is 5. The highest BCUT2D eigenvalue weighted by atomic mass is 16.6. The van der Waals surface area contributed by atoms with Crippen molar-refractivity contribution in [2.24, 2.45) is 25.9 Å². The van der Waals surface area contributed by atoms with E-state index in [1.54, 1.807) is 4.68 Å². The van der Waals surface area contributed by atoms with Crippen molar-refractivity contribution < 1.29 is 14.3 Å². The van der Waals surface area contributed by atoms with Gasteiger partial charge in [0.1, 0.15) is 5.60 Å². The molecule has 11 nitrogen and oxygen atoms in total. The molecule has 3 aromatic rings. The Morgan fingerprint density at radius 3 is 2.70 bits per heavy atom. The second-order valence-electron chi connectivity index (χ2n) is 11.8. The number of aromatic nitrogens is 4.